The van der Waals surface area contributed by atoms with Gasteiger partial charge in [0.25, 0.3) is 0 Å². The van der Waals surface area contributed by atoms with Gasteiger partial charge < -0.3 is 0 Å². The fourth-order valence-electron chi connectivity index (χ4n) is 2.62. The molecule has 0 N–H and O–H groups in total. The van der Waals surface area contributed by atoms with Crippen LogP contribution in [0.3, 0.4) is 0 Å². The van der Waals surface area contributed by atoms with Gasteiger partial charge in [-0.1, -0.05) is 44.7 Å². The van der Waals surface area contributed by atoms with Crippen molar-refractivity contribution >= 4 is 22.6 Å². The minimum Gasteiger partial charge on any atom is -0.0654 e. The van der Waals surface area contributed by atoms with Gasteiger partial charge in [0.05, 0.1) is 0 Å². The van der Waals surface area contributed by atoms with Gasteiger partial charge in [-0.3, -0.25) is 0 Å². The van der Waals surface area contributed by atoms with Crippen LogP contribution in [-0.2, 0) is 0 Å². The summed E-state index contributed by atoms with van der Waals surface area (Å²) in [4.78, 5) is 0. The van der Waals surface area contributed by atoms with E-state index in [0.29, 0.717) is 12.3 Å². The van der Waals surface area contributed by atoms with E-state index in [-0.39, 0.29) is 12.3 Å². The Bertz CT molecular complexity index is 444. The van der Waals surface area contributed by atoms with E-state index in [9.17, 15) is 0 Å². The quantitative estimate of drug-likeness (QED) is 0.437. The van der Waals surface area contributed by atoms with Gasteiger partial charge in [-0.25, -0.2) is 0 Å². The first-order valence-corrected chi connectivity index (χ1v) is 8.19. The molecule has 0 aliphatic heterocycles. The lowest BCUT2D eigenvalue weighted by molar-refractivity contribution is 0.303. The van der Waals surface area contributed by atoms with E-state index in [1.165, 1.54) is 19.3 Å². The summed E-state index contributed by atoms with van der Waals surface area (Å²) in [5, 5.41) is 0. The van der Waals surface area contributed by atoms with Gasteiger partial charge in [-0.05, 0) is 77.7 Å². The fourth-order valence-corrected chi connectivity index (χ4v) is 2.98. The fraction of sp³-hybridized carbons (Fsp3) is 0.647. The van der Waals surface area contributed by atoms with Crippen LogP contribution in [0.15, 0.2) is 24.3 Å². The van der Waals surface area contributed by atoms with Crippen LogP contribution in [0, 0.1) is 9.49 Å². The third-order valence-electron chi connectivity index (χ3n) is 3.78. The average Bonchev–Trinajstić information content (AvgIpc) is 2.40. The maximum absolute atomic E-state index is 8.46. The summed E-state index contributed by atoms with van der Waals surface area (Å²) in [6, 6.07) is 8.05. The van der Waals surface area contributed by atoms with Crippen LogP contribution in [0.25, 0.3) is 0 Å². The molecule has 0 amide bonds. The third kappa shape index (κ3) is 4.25. The van der Waals surface area contributed by atoms with E-state index >= 15 is 0 Å². The molecule has 100 valence electrons. The highest BCUT2D eigenvalue weighted by atomic mass is 127. The van der Waals surface area contributed by atoms with E-state index in [2.05, 4.69) is 29.5 Å². The molecule has 1 aliphatic carbocycles. The van der Waals surface area contributed by atoms with E-state index < -0.39 is 6.37 Å². The first-order valence-electron chi connectivity index (χ1n) is 8.69. The number of hydrogen-bond acceptors (Lipinski definition) is 0. The van der Waals surface area contributed by atoms with Gasteiger partial charge in [-0.2, -0.15) is 0 Å². The molecule has 18 heavy (non-hydrogen) atoms. The Hall–Kier alpha value is -0.0500. The number of halogens is 1. The van der Waals surface area contributed by atoms with Gasteiger partial charge in [0.2, 0.25) is 0 Å². The molecule has 0 saturated heterocycles. The molecule has 0 aromatic heterocycles. The van der Waals surface area contributed by atoms with E-state index in [1.54, 1.807) is 0 Å². The Labute approximate surface area is 130 Å². The molecular weight excluding hydrogens is 331 g/mol. The highest BCUT2D eigenvalue weighted by Gasteiger charge is 2.21. The van der Waals surface area contributed by atoms with Gasteiger partial charge >= 0.3 is 0 Å². The SMILES string of the molecule is [2H]C1C[C@H](CCCCC)CC([2H])([2H])[C@H]1c1ccc(I)cc1. The maximum Gasteiger partial charge on any atom is 0.0273 e. The predicted molar refractivity (Wildman–Crippen MR) is 88.0 cm³/mol. The number of unbranched alkanes of at least 4 members (excludes halogenated alkanes) is 2. The lowest BCUT2D eigenvalue weighted by Gasteiger charge is -2.28. The summed E-state index contributed by atoms with van der Waals surface area (Å²) in [5.74, 6) is 0.103. The summed E-state index contributed by atoms with van der Waals surface area (Å²) < 4.78 is 26.5. The van der Waals surface area contributed by atoms with Crippen molar-refractivity contribution in [1.29, 1.82) is 0 Å². The van der Waals surface area contributed by atoms with Crippen molar-refractivity contribution in [3.8, 4) is 0 Å². The second-order valence-electron chi connectivity index (χ2n) is 5.27. The zero-order valence-corrected chi connectivity index (χ0v) is 13.3. The summed E-state index contributed by atoms with van der Waals surface area (Å²) in [5.41, 5.74) is 0.993. The van der Waals surface area contributed by atoms with Crippen molar-refractivity contribution in [1.82, 2.24) is 0 Å². The zero-order valence-electron chi connectivity index (χ0n) is 14.2. The summed E-state index contributed by atoms with van der Waals surface area (Å²) >= 11 is 2.26. The zero-order chi connectivity index (χ0) is 15.5. The minimum atomic E-state index is -1.26. The molecule has 1 aromatic rings. The van der Waals surface area contributed by atoms with E-state index in [1.807, 2.05) is 24.3 Å². The maximum atomic E-state index is 8.46. The summed E-state index contributed by atoms with van der Waals surface area (Å²) in [7, 11) is 0. The van der Waals surface area contributed by atoms with Crippen molar-refractivity contribution in [3.63, 3.8) is 0 Å². The normalized spacial score (nSPS) is 33.4. The van der Waals surface area contributed by atoms with Crippen molar-refractivity contribution in [2.24, 2.45) is 5.92 Å². The lowest BCUT2D eigenvalue weighted by atomic mass is 9.77. The molecule has 1 fully saturated rings. The van der Waals surface area contributed by atoms with Crippen LogP contribution < -0.4 is 0 Å². The molecule has 1 aromatic carbocycles. The molecule has 1 unspecified atom stereocenters. The van der Waals surface area contributed by atoms with Crippen molar-refractivity contribution in [2.45, 2.75) is 64.1 Å². The highest BCUT2D eigenvalue weighted by Crippen LogP contribution is 2.37. The first kappa shape index (κ1) is 10.7. The van der Waals surface area contributed by atoms with Gasteiger partial charge in [0.1, 0.15) is 0 Å². The summed E-state index contributed by atoms with van der Waals surface area (Å²) in [6.45, 7) is 2.19. The Morgan fingerprint density at radius 1 is 1.22 bits per heavy atom. The van der Waals surface area contributed by atoms with Crippen molar-refractivity contribution < 1.29 is 4.11 Å². The largest absolute Gasteiger partial charge is 0.0654 e. The van der Waals surface area contributed by atoms with Crippen LogP contribution in [0.4, 0.5) is 0 Å². The number of rotatable bonds is 5. The third-order valence-corrected chi connectivity index (χ3v) is 4.50. The van der Waals surface area contributed by atoms with Crippen LogP contribution in [0.5, 0.6) is 0 Å². The average molecular weight is 359 g/mol. The molecule has 0 nitrogen and oxygen atoms in total. The molecule has 1 aliphatic rings. The Balaban J connectivity index is 2.08. The second-order valence-corrected chi connectivity index (χ2v) is 6.52. The van der Waals surface area contributed by atoms with Gasteiger partial charge in [0.15, 0.2) is 0 Å². The molecule has 3 atom stereocenters. The lowest BCUT2D eigenvalue weighted by Crippen LogP contribution is -2.13. The Kier molecular flexibility index (Phi) is 4.47. The van der Waals surface area contributed by atoms with Crippen LogP contribution in [0.1, 0.15) is 73.8 Å². The Morgan fingerprint density at radius 3 is 2.67 bits per heavy atom. The predicted octanol–water partition coefficient (Wildman–Crippen LogP) is 6.15. The highest BCUT2D eigenvalue weighted by molar-refractivity contribution is 14.1. The standard InChI is InChI=1S/C17H25I/c1-2-3-4-5-14-6-8-15(9-7-14)16-10-12-17(18)13-11-16/h10-15H,2-9H2,1H3/t14-,15-/i8D,9D2/t8?,14-,15-/m0/s1. The van der Waals surface area contributed by atoms with Gasteiger partial charge in [-0.15, -0.1) is 0 Å². The molecule has 0 heterocycles. The molecule has 1 heteroatoms. The molecule has 0 spiro atoms. The second kappa shape index (κ2) is 7.52. The Morgan fingerprint density at radius 2 is 2.00 bits per heavy atom. The molecule has 1 saturated carbocycles. The summed E-state index contributed by atoms with van der Waals surface area (Å²) in [6.07, 6.45) is 4.58. The van der Waals surface area contributed by atoms with E-state index in [0.717, 1.165) is 22.0 Å². The van der Waals surface area contributed by atoms with Crippen molar-refractivity contribution in [3.05, 3.63) is 33.4 Å². The van der Waals surface area contributed by atoms with Crippen molar-refractivity contribution in [2.75, 3.05) is 0 Å². The minimum absolute atomic E-state index is 0.281. The molecule has 2 rings (SSSR count). The topological polar surface area (TPSA) is 0 Å². The first-order chi connectivity index (χ1) is 9.94. The monoisotopic (exact) mass is 359 g/mol. The van der Waals surface area contributed by atoms with Crippen LogP contribution in [-0.4, -0.2) is 0 Å². The smallest absolute Gasteiger partial charge is 0.0273 e. The number of hydrogen-bond donors (Lipinski definition) is 0. The number of benzene rings is 1. The van der Waals surface area contributed by atoms with Crippen LogP contribution >= 0.6 is 22.6 Å². The van der Waals surface area contributed by atoms with Crippen LogP contribution in [0.2, 0.25) is 0 Å². The molecule has 0 bridgehead atoms. The van der Waals surface area contributed by atoms with Gasteiger partial charge in [0, 0.05) is 7.68 Å². The molecule has 0 radical (unpaired) electrons. The van der Waals surface area contributed by atoms with E-state index in [4.69, 9.17) is 4.11 Å². The molecular formula is C17H25I.